The minimum atomic E-state index is -1.28. The Morgan fingerprint density at radius 3 is 2.50 bits per heavy atom. The lowest BCUT2D eigenvalue weighted by molar-refractivity contribution is 0.0841. The van der Waals surface area contributed by atoms with E-state index in [1.165, 1.54) is 0 Å². The fourth-order valence-electron chi connectivity index (χ4n) is 3.57. The van der Waals surface area contributed by atoms with Crippen LogP contribution >= 0.6 is 0 Å². The highest BCUT2D eigenvalue weighted by Gasteiger charge is 2.31. The van der Waals surface area contributed by atoms with E-state index in [4.69, 9.17) is 0 Å². The Bertz CT molecular complexity index is 953. The number of fused-ring (bicyclic) bond motifs is 1. The van der Waals surface area contributed by atoms with Crippen molar-refractivity contribution in [3.63, 3.8) is 0 Å². The molecular weight excluding hydrogens is 397 g/mol. The van der Waals surface area contributed by atoms with Crippen LogP contribution in [-0.4, -0.2) is 51.7 Å². The minimum Gasteiger partial charge on any atom is -0.394 e. The first kappa shape index (κ1) is 22.3. The molecular formula is C21H27F3N4O2. The van der Waals surface area contributed by atoms with Gasteiger partial charge in [0.15, 0.2) is 17.3 Å². The molecule has 0 spiro atoms. The summed E-state index contributed by atoms with van der Waals surface area (Å²) in [6.45, 7) is 7.00. The summed E-state index contributed by atoms with van der Waals surface area (Å²) in [4.78, 5) is 19.4. The molecule has 30 heavy (non-hydrogen) atoms. The number of carbonyl (C=O) groups excluding carboxylic acids is 1. The molecule has 1 aromatic carbocycles. The fraction of sp³-hybridized carbons (Fsp3) is 0.524. The van der Waals surface area contributed by atoms with Crippen molar-refractivity contribution in [2.24, 2.45) is 5.41 Å². The molecule has 6 nitrogen and oxygen atoms in total. The zero-order valence-electron chi connectivity index (χ0n) is 17.6. The molecule has 164 valence electrons. The third-order valence-electron chi connectivity index (χ3n) is 5.41. The number of aliphatic hydroxyl groups excluding tert-OH is 1. The molecule has 0 unspecified atom stereocenters. The summed E-state index contributed by atoms with van der Waals surface area (Å²) in [5, 5.41) is 12.5. The number of imidazole rings is 1. The minimum absolute atomic E-state index is 0.0816. The summed E-state index contributed by atoms with van der Waals surface area (Å²) < 4.78 is 43.4. The first-order valence-electron chi connectivity index (χ1n) is 9.87. The Morgan fingerprint density at radius 2 is 1.87 bits per heavy atom. The lowest BCUT2D eigenvalue weighted by atomic mass is 9.87. The molecule has 0 fully saturated rings. The highest BCUT2D eigenvalue weighted by molar-refractivity contribution is 5.94. The molecule has 2 heterocycles. The van der Waals surface area contributed by atoms with Crippen LogP contribution in [0, 0.1) is 22.9 Å². The average Bonchev–Trinajstić information content (AvgIpc) is 2.87. The van der Waals surface area contributed by atoms with Gasteiger partial charge in [-0.05, 0) is 31.5 Å². The van der Waals surface area contributed by atoms with Gasteiger partial charge in [0.25, 0.3) is 5.91 Å². The zero-order chi connectivity index (χ0) is 22.2. The fourth-order valence-corrected chi connectivity index (χ4v) is 3.57. The van der Waals surface area contributed by atoms with Gasteiger partial charge in [0.1, 0.15) is 11.6 Å². The maximum Gasteiger partial charge on any atom is 0.272 e. The monoisotopic (exact) mass is 424 g/mol. The molecule has 0 saturated heterocycles. The van der Waals surface area contributed by atoms with Gasteiger partial charge in [-0.2, -0.15) is 0 Å². The Balaban J connectivity index is 2.11. The van der Waals surface area contributed by atoms with Crippen LogP contribution in [0.3, 0.4) is 0 Å². The molecule has 1 aromatic heterocycles. The number of benzene rings is 1. The van der Waals surface area contributed by atoms with Crippen molar-refractivity contribution in [3.05, 3.63) is 41.0 Å². The highest BCUT2D eigenvalue weighted by Crippen LogP contribution is 2.30. The van der Waals surface area contributed by atoms with E-state index in [0.29, 0.717) is 24.8 Å². The lowest BCUT2D eigenvalue weighted by Gasteiger charge is -2.29. The van der Waals surface area contributed by atoms with Crippen molar-refractivity contribution < 1.29 is 23.1 Å². The predicted molar refractivity (Wildman–Crippen MR) is 106 cm³/mol. The number of carbonyl (C=O) groups is 1. The summed E-state index contributed by atoms with van der Waals surface area (Å²) in [5.41, 5.74) is 0.0588. The van der Waals surface area contributed by atoms with Crippen LogP contribution in [0.5, 0.6) is 0 Å². The third kappa shape index (κ3) is 4.37. The summed E-state index contributed by atoms with van der Waals surface area (Å²) in [5.74, 6) is -3.84. The number of halogens is 3. The van der Waals surface area contributed by atoms with Gasteiger partial charge >= 0.3 is 0 Å². The number of nitrogens with zero attached hydrogens (tertiary/aromatic N) is 3. The van der Waals surface area contributed by atoms with E-state index in [1.54, 1.807) is 4.57 Å². The van der Waals surface area contributed by atoms with Gasteiger partial charge in [-0.1, -0.05) is 20.8 Å². The summed E-state index contributed by atoms with van der Waals surface area (Å²) >= 11 is 0. The molecule has 0 bridgehead atoms. The van der Waals surface area contributed by atoms with Crippen molar-refractivity contribution in [1.29, 1.82) is 0 Å². The molecule has 2 N–H and O–H groups in total. The second-order valence-corrected chi connectivity index (χ2v) is 8.79. The molecule has 3 rings (SSSR count). The van der Waals surface area contributed by atoms with E-state index < -0.39 is 34.8 Å². The zero-order valence-corrected chi connectivity index (χ0v) is 17.6. The Labute approximate surface area is 173 Å². The van der Waals surface area contributed by atoms with Crippen LogP contribution in [0.1, 0.15) is 43.4 Å². The van der Waals surface area contributed by atoms with Gasteiger partial charge in [-0.25, -0.2) is 18.2 Å². The molecule has 2 aromatic rings. The Hall–Kier alpha value is -2.39. The second kappa shape index (κ2) is 8.39. The number of aromatic nitrogens is 2. The topological polar surface area (TPSA) is 70.4 Å². The molecule has 0 saturated carbocycles. The van der Waals surface area contributed by atoms with Gasteiger partial charge in [0.05, 0.1) is 23.9 Å². The molecule has 1 amide bonds. The number of aliphatic hydroxyl groups is 1. The van der Waals surface area contributed by atoms with E-state index in [9.17, 15) is 23.1 Å². The van der Waals surface area contributed by atoms with Crippen molar-refractivity contribution in [2.45, 2.75) is 46.3 Å². The van der Waals surface area contributed by atoms with Crippen LogP contribution in [0.15, 0.2) is 12.1 Å². The van der Waals surface area contributed by atoms with E-state index in [2.05, 4.69) is 10.3 Å². The third-order valence-corrected chi connectivity index (χ3v) is 5.41. The van der Waals surface area contributed by atoms with Crippen molar-refractivity contribution >= 4 is 5.91 Å². The number of amides is 1. The van der Waals surface area contributed by atoms with Gasteiger partial charge in [0.2, 0.25) is 0 Å². The standard InChI is InChI=1S/C21H27F3N4O2/c1-21(2,3)17(11-29)25-20(30)18-16-10-27(4)6-5-7-28(16)19(26-18)12-8-14(23)15(24)9-13(12)22/h8-9,17,29H,5-7,10-11H2,1-4H3,(H,25,30)/t17-/m1/s1. The van der Waals surface area contributed by atoms with Gasteiger partial charge in [-0.3, -0.25) is 4.79 Å². The SMILES string of the molecule is CN1CCCn2c(-c3cc(F)c(F)cc3F)nc(C(=O)N[C@H](CO)C(C)(C)C)c2C1. The maximum atomic E-state index is 14.5. The van der Waals surface area contributed by atoms with Crippen molar-refractivity contribution in [3.8, 4) is 11.4 Å². The molecule has 1 atom stereocenters. The van der Waals surface area contributed by atoms with E-state index in [0.717, 1.165) is 19.0 Å². The second-order valence-electron chi connectivity index (χ2n) is 8.79. The van der Waals surface area contributed by atoms with E-state index >= 15 is 0 Å². The van der Waals surface area contributed by atoms with E-state index in [-0.39, 0.29) is 23.7 Å². The van der Waals surface area contributed by atoms with E-state index in [1.807, 2.05) is 32.7 Å². The first-order chi connectivity index (χ1) is 14.0. The van der Waals surface area contributed by atoms with Crippen molar-refractivity contribution in [2.75, 3.05) is 20.2 Å². The first-order valence-corrected chi connectivity index (χ1v) is 9.87. The molecule has 0 radical (unpaired) electrons. The van der Waals surface area contributed by atoms with Crippen LogP contribution in [0.2, 0.25) is 0 Å². The molecule has 9 heteroatoms. The summed E-state index contributed by atoms with van der Waals surface area (Å²) in [6.07, 6.45) is 0.723. The smallest absolute Gasteiger partial charge is 0.272 e. The molecule has 1 aliphatic heterocycles. The quantitative estimate of drug-likeness (QED) is 0.741. The summed E-state index contributed by atoms with van der Waals surface area (Å²) in [6, 6.07) is 0.729. The predicted octanol–water partition coefficient (Wildman–Crippen LogP) is 2.94. The molecule has 1 aliphatic rings. The van der Waals surface area contributed by atoms with Crippen LogP contribution in [0.4, 0.5) is 13.2 Å². The lowest BCUT2D eigenvalue weighted by Crippen LogP contribution is -2.46. The highest BCUT2D eigenvalue weighted by atomic mass is 19.2. The van der Waals surface area contributed by atoms with Crippen LogP contribution in [0.25, 0.3) is 11.4 Å². The van der Waals surface area contributed by atoms with Crippen molar-refractivity contribution in [1.82, 2.24) is 19.8 Å². The number of hydrogen-bond acceptors (Lipinski definition) is 4. The average molecular weight is 424 g/mol. The van der Waals surface area contributed by atoms with Gasteiger partial charge in [-0.15, -0.1) is 0 Å². The summed E-state index contributed by atoms with van der Waals surface area (Å²) in [7, 11) is 1.90. The number of hydrogen-bond donors (Lipinski definition) is 2. The number of nitrogens with one attached hydrogen (secondary N) is 1. The largest absolute Gasteiger partial charge is 0.394 e. The normalized spacial score (nSPS) is 16.1. The van der Waals surface area contributed by atoms with Crippen LogP contribution in [-0.2, 0) is 13.1 Å². The van der Waals surface area contributed by atoms with Gasteiger partial charge < -0.3 is 19.9 Å². The maximum absolute atomic E-state index is 14.5. The van der Waals surface area contributed by atoms with Gasteiger partial charge in [0, 0.05) is 19.2 Å². The Morgan fingerprint density at radius 1 is 1.20 bits per heavy atom. The van der Waals surface area contributed by atoms with Crippen LogP contribution < -0.4 is 5.32 Å². The Kier molecular flexibility index (Phi) is 6.24. The number of rotatable bonds is 4. The molecule has 0 aliphatic carbocycles.